The lowest BCUT2D eigenvalue weighted by atomic mass is 9.91. The van der Waals surface area contributed by atoms with Gasteiger partial charge in [0.05, 0.1) is 11.1 Å². The fourth-order valence-electron chi connectivity index (χ4n) is 6.14. The molecule has 49 heavy (non-hydrogen) atoms. The van der Waals surface area contributed by atoms with Crippen molar-refractivity contribution in [2.75, 3.05) is 40.8 Å². The van der Waals surface area contributed by atoms with Crippen LogP contribution in [0.2, 0.25) is 0 Å². The molecule has 0 radical (unpaired) electrons. The summed E-state index contributed by atoms with van der Waals surface area (Å²) in [5.41, 5.74) is 8.20. The van der Waals surface area contributed by atoms with Crippen LogP contribution in [0.5, 0.6) is 11.5 Å². The first-order valence-electron chi connectivity index (χ1n) is 17.0. The molecular weight excluding hydrogens is 612 g/mol. The zero-order chi connectivity index (χ0) is 34.3. The molecule has 6 rings (SSSR count). The summed E-state index contributed by atoms with van der Waals surface area (Å²) >= 11 is 0. The van der Waals surface area contributed by atoms with Crippen LogP contribution in [0.4, 0.5) is 0 Å². The summed E-state index contributed by atoms with van der Waals surface area (Å²) in [6.45, 7) is 8.12. The van der Waals surface area contributed by atoms with E-state index in [9.17, 15) is 4.79 Å². The molecule has 1 amide bonds. The van der Waals surface area contributed by atoms with Gasteiger partial charge in [0.1, 0.15) is 24.7 Å². The number of rotatable bonds is 13. The quantitative estimate of drug-likeness (QED) is 0.140. The highest BCUT2D eigenvalue weighted by atomic mass is 16.5. The highest BCUT2D eigenvalue weighted by Crippen LogP contribution is 2.45. The van der Waals surface area contributed by atoms with Gasteiger partial charge in [0.15, 0.2) is 11.5 Å². The Balaban J connectivity index is 1.47. The Morgan fingerprint density at radius 1 is 0.898 bits per heavy atom. The number of carbonyl (C=O) groups is 1. The molecule has 1 aliphatic rings. The third-order valence-corrected chi connectivity index (χ3v) is 8.90. The Morgan fingerprint density at radius 2 is 1.57 bits per heavy atom. The second-order valence-electron chi connectivity index (χ2n) is 13.4. The number of likely N-dealkylation sites (N-methyl/N-ethyl adjacent to an activating group) is 2. The summed E-state index contributed by atoms with van der Waals surface area (Å²) < 4.78 is 19.2. The molecule has 0 saturated heterocycles. The highest BCUT2D eigenvalue weighted by Gasteiger charge is 2.29. The second-order valence-corrected chi connectivity index (χ2v) is 13.4. The van der Waals surface area contributed by atoms with Crippen LogP contribution in [0.25, 0.3) is 22.5 Å². The van der Waals surface area contributed by atoms with E-state index >= 15 is 0 Å². The van der Waals surface area contributed by atoms with Crippen LogP contribution in [-0.4, -0.2) is 61.6 Å². The minimum Gasteiger partial charge on any atom is -0.488 e. The SMILES string of the molecule is CC(C)c1cc(-c2onc(C(=O)NCCN(C)C)c2-c2ccc3c(c2)CCN(C)C3)c(OCc2ccccc2)cc1OCc1ccccc1. The molecule has 0 saturated carbocycles. The molecule has 0 spiro atoms. The summed E-state index contributed by atoms with van der Waals surface area (Å²) in [5, 5.41) is 7.47. The van der Waals surface area contributed by atoms with Gasteiger partial charge < -0.3 is 29.1 Å². The first-order chi connectivity index (χ1) is 23.8. The second kappa shape index (κ2) is 15.5. The van der Waals surface area contributed by atoms with Gasteiger partial charge in [0.25, 0.3) is 5.91 Å². The summed E-state index contributed by atoms with van der Waals surface area (Å²) in [5.74, 6) is 1.68. The maximum Gasteiger partial charge on any atom is 0.274 e. The van der Waals surface area contributed by atoms with E-state index < -0.39 is 0 Å². The molecule has 2 heterocycles. The van der Waals surface area contributed by atoms with Crippen molar-refractivity contribution in [1.29, 1.82) is 0 Å². The lowest BCUT2D eigenvalue weighted by molar-refractivity contribution is 0.0942. The van der Waals surface area contributed by atoms with Crippen molar-refractivity contribution in [2.45, 2.75) is 45.9 Å². The van der Waals surface area contributed by atoms with Gasteiger partial charge in [-0.1, -0.05) is 97.9 Å². The number of amides is 1. The third-order valence-electron chi connectivity index (χ3n) is 8.90. The van der Waals surface area contributed by atoms with Crippen molar-refractivity contribution in [1.82, 2.24) is 20.3 Å². The Hall–Kier alpha value is -4.92. The maximum absolute atomic E-state index is 13.7. The van der Waals surface area contributed by atoms with E-state index in [-0.39, 0.29) is 17.5 Å². The van der Waals surface area contributed by atoms with Crippen LogP contribution in [0.1, 0.15) is 58.1 Å². The minimum absolute atomic E-state index is 0.133. The maximum atomic E-state index is 13.7. The van der Waals surface area contributed by atoms with E-state index in [1.165, 1.54) is 11.1 Å². The standard InChI is InChI=1S/C41H46N4O4/c1-28(2)34-23-35(37(48-27-30-14-10-7-11-15-30)24-36(34)47-26-29-12-8-6-9-13-29)40-38(39(43-49-40)41(46)42-19-21-44(3)4)32-16-17-33-25-45(5)20-18-31(33)22-32/h6-17,22-24,28H,18-21,25-27H2,1-5H3,(H,42,46). The number of carbonyl (C=O) groups excluding carboxylic acids is 1. The molecule has 8 heteroatoms. The number of hydrogen-bond acceptors (Lipinski definition) is 7. The Bertz CT molecular complexity index is 1870. The third kappa shape index (κ3) is 8.21. The fraction of sp³-hybridized carbons (Fsp3) is 0.317. The van der Waals surface area contributed by atoms with Crippen LogP contribution >= 0.6 is 0 Å². The number of nitrogens with one attached hydrogen (secondary N) is 1. The zero-order valence-corrected chi connectivity index (χ0v) is 29.2. The molecule has 0 fully saturated rings. The first-order valence-corrected chi connectivity index (χ1v) is 17.0. The van der Waals surface area contributed by atoms with Crippen molar-refractivity contribution in [3.8, 4) is 33.9 Å². The molecule has 8 nitrogen and oxygen atoms in total. The van der Waals surface area contributed by atoms with Gasteiger partial charge in [-0.25, -0.2) is 0 Å². The molecule has 0 atom stereocenters. The number of fused-ring (bicyclic) bond motifs is 1. The van der Waals surface area contributed by atoms with E-state index in [0.717, 1.165) is 53.1 Å². The number of nitrogens with zero attached hydrogens (tertiary/aromatic N) is 3. The summed E-state index contributed by atoms with van der Waals surface area (Å²) in [6.07, 6.45) is 0.932. The number of aromatic nitrogens is 1. The van der Waals surface area contributed by atoms with Gasteiger partial charge in [-0.2, -0.15) is 0 Å². The van der Waals surface area contributed by atoms with Crippen LogP contribution in [0.15, 0.2) is 95.5 Å². The average molecular weight is 659 g/mol. The largest absolute Gasteiger partial charge is 0.488 e. The molecule has 4 aromatic carbocycles. The van der Waals surface area contributed by atoms with Crippen LogP contribution in [0.3, 0.4) is 0 Å². The smallest absolute Gasteiger partial charge is 0.274 e. The number of hydrogen-bond donors (Lipinski definition) is 1. The van der Waals surface area contributed by atoms with Crippen LogP contribution in [-0.2, 0) is 26.2 Å². The molecule has 0 bridgehead atoms. The van der Waals surface area contributed by atoms with E-state index in [1.54, 1.807) is 0 Å². The molecule has 0 aliphatic carbocycles. The fourth-order valence-corrected chi connectivity index (χ4v) is 6.14. The average Bonchev–Trinajstić information content (AvgIpc) is 3.55. The van der Waals surface area contributed by atoms with E-state index in [1.807, 2.05) is 73.6 Å². The molecule has 0 unspecified atom stereocenters. The van der Waals surface area contributed by atoms with E-state index in [2.05, 4.69) is 72.7 Å². The minimum atomic E-state index is -0.275. The van der Waals surface area contributed by atoms with Gasteiger partial charge in [-0.05, 0) is 72.9 Å². The van der Waals surface area contributed by atoms with Crippen molar-refractivity contribution >= 4 is 5.91 Å². The topological polar surface area (TPSA) is 80.1 Å². The van der Waals surface area contributed by atoms with E-state index in [0.29, 0.717) is 43.4 Å². The molecular formula is C41H46N4O4. The summed E-state index contributed by atoms with van der Waals surface area (Å²) in [4.78, 5) is 18.1. The van der Waals surface area contributed by atoms with Crippen molar-refractivity contribution < 1.29 is 18.8 Å². The van der Waals surface area contributed by atoms with Gasteiger partial charge >= 0.3 is 0 Å². The first kappa shape index (κ1) is 34.0. The Morgan fingerprint density at radius 3 is 2.22 bits per heavy atom. The van der Waals surface area contributed by atoms with Crippen molar-refractivity contribution in [3.05, 3.63) is 125 Å². The molecule has 254 valence electrons. The number of ether oxygens (including phenoxy) is 2. The monoisotopic (exact) mass is 658 g/mol. The molecule has 1 aliphatic heterocycles. The predicted molar refractivity (Wildman–Crippen MR) is 194 cm³/mol. The molecule has 1 aromatic heterocycles. The summed E-state index contributed by atoms with van der Waals surface area (Å²) in [7, 11) is 6.10. The molecule has 5 aromatic rings. The van der Waals surface area contributed by atoms with Crippen molar-refractivity contribution in [2.24, 2.45) is 0 Å². The van der Waals surface area contributed by atoms with E-state index in [4.69, 9.17) is 14.0 Å². The van der Waals surface area contributed by atoms with Gasteiger partial charge in [0, 0.05) is 32.2 Å². The number of benzene rings is 4. The predicted octanol–water partition coefficient (Wildman–Crippen LogP) is 7.57. The lowest BCUT2D eigenvalue weighted by Crippen LogP contribution is -2.31. The normalized spacial score (nSPS) is 13.0. The Labute approximate surface area is 289 Å². The van der Waals surface area contributed by atoms with Crippen LogP contribution in [0, 0.1) is 0 Å². The van der Waals surface area contributed by atoms with Gasteiger partial charge in [0.2, 0.25) is 0 Å². The summed E-state index contributed by atoms with van der Waals surface area (Å²) in [6, 6.07) is 30.7. The zero-order valence-electron chi connectivity index (χ0n) is 29.2. The van der Waals surface area contributed by atoms with Crippen LogP contribution < -0.4 is 14.8 Å². The molecule has 1 N–H and O–H groups in total. The van der Waals surface area contributed by atoms with Crippen molar-refractivity contribution in [3.63, 3.8) is 0 Å². The highest BCUT2D eigenvalue weighted by molar-refractivity contribution is 6.02. The lowest BCUT2D eigenvalue weighted by Gasteiger charge is -2.25. The van der Waals surface area contributed by atoms with Gasteiger partial charge in [-0.15, -0.1) is 0 Å². The Kier molecular flexibility index (Phi) is 10.8. The van der Waals surface area contributed by atoms with Gasteiger partial charge in [-0.3, -0.25) is 4.79 Å².